The van der Waals surface area contributed by atoms with Crippen molar-refractivity contribution in [2.75, 3.05) is 0 Å². The van der Waals surface area contributed by atoms with Gasteiger partial charge in [-0.3, -0.25) is 4.79 Å². The van der Waals surface area contributed by atoms with Crippen molar-refractivity contribution in [1.29, 1.82) is 0 Å². The summed E-state index contributed by atoms with van der Waals surface area (Å²) in [7, 11) is 0. The van der Waals surface area contributed by atoms with Crippen molar-refractivity contribution in [2.45, 2.75) is 66.2 Å². The quantitative estimate of drug-likeness (QED) is 0.361. The van der Waals surface area contributed by atoms with Crippen molar-refractivity contribution in [3.8, 4) is 0 Å². The Balaban J connectivity index is 0. The molecule has 0 saturated carbocycles. The maximum absolute atomic E-state index is 12.0. The van der Waals surface area contributed by atoms with Crippen LogP contribution < -0.4 is 0 Å². The van der Waals surface area contributed by atoms with Gasteiger partial charge in [0.25, 0.3) is 0 Å². The molecule has 0 N–H and O–H groups in total. The molecular formula is C19H30NNiO-. The van der Waals surface area contributed by atoms with Crippen molar-refractivity contribution >= 4 is 17.2 Å². The number of hydrogen-bond acceptors (Lipinski definition) is 2. The van der Waals surface area contributed by atoms with Crippen LogP contribution in [0.1, 0.15) is 77.3 Å². The Bertz CT molecular complexity index is 478. The van der Waals surface area contributed by atoms with Crippen LogP contribution in [0.3, 0.4) is 0 Å². The van der Waals surface area contributed by atoms with E-state index in [1.807, 2.05) is 13.8 Å². The van der Waals surface area contributed by atoms with Crippen LogP contribution >= 0.6 is 0 Å². The summed E-state index contributed by atoms with van der Waals surface area (Å²) in [5, 5.41) is 0. The van der Waals surface area contributed by atoms with Gasteiger partial charge in [-0.15, -0.1) is 0 Å². The number of rotatable bonds is 6. The van der Waals surface area contributed by atoms with Gasteiger partial charge in [-0.1, -0.05) is 59.7 Å². The van der Waals surface area contributed by atoms with Gasteiger partial charge in [-0.05, 0) is 29.4 Å². The van der Waals surface area contributed by atoms with Gasteiger partial charge >= 0.3 is 0 Å². The molecule has 0 fully saturated rings. The van der Waals surface area contributed by atoms with Gasteiger partial charge < -0.3 is 7.43 Å². The smallest absolute Gasteiger partial charge is 0.176 e. The zero-order valence-corrected chi connectivity index (χ0v) is 16.0. The van der Waals surface area contributed by atoms with Gasteiger partial charge in [-0.25, -0.2) is 4.99 Å². The van der Waals surface area contributed by atoms with Crippen LogP contribution in [0.15, 0.2) is 23.2 Å². The molecule has 0 radical (unpaired) electrons. The van der Waals surface area contributed by atoms with Crippen LogP contribution in [0, 0.1) is 7.43 Å². The number of nitrogens with zero attached hydrogens (tertiary/aromatic N) is 1. The van der Waals surface area contributed by atoms with Crippen LogP contribution in [0.5, 0.6) is 0 Å². The first-order chi connectivity index (χ1) is 9.42. The van der Waals surface area contributed by atoms with E-state index in [1.54, 1.807) is 0 Å². The average Bonchev–Trinajstić information content (AvgIpc) is 2.43. The molecule has 0 saturated heterocycles. The molecule has 0 amide bonds. The molecule has 2 nitrogen and oxygen atoms in total. The number of benzene rings is 1. The Morgan fingerprint density at radius 3 is 1.77 bits per heavy atom. The predicted octanol–water partition coefficient (Wildman–Crippen LogP) is 5.84. The van der Waals surface area contributed by atoms with Crippen molar-refractivity contribution in [3.63, 3.8) is 0 Å². The largest absolute Gasteiger partial charge is 0.358 e. The summed E-state index contributed by atoms with van der Waals surface area (Å²) in [5.41, 5.74) is 4.16. The molecular weight excluding hydrogens is 317 g/mol. The standard InChI is InChI=1S/C18H27NO.CH3.Ni/c1-7-16(17(20)8-2)19-18-14(12(3)4)10-9-11-15(18)13(5)6;;/h9-13H,7-8H2,1-6H3;1H3;/q;-1;. The minimum atomic E-state index is 0. The van der Waals surface area contributed by atoms with E-state index in [9.17, 15) is 4.79 Å². The van der Waals surface area contributed by atoms with E-state index in [1.165, 1.54) is 11.1 Å². The third-order valence-electron chi connectivity index (χ3n) is 3.57. The predicted molar refractivity (Wildman–Crippen MR) is 93.7 cm³/mol. The maximum Gasteiger partial charge on any atom is 0.176 e. The topological polar surface area (TPSA) is 29.4 Å². The van der Waals surface area contributed by atoms with Gasteiger partial charge in [0.05, 0.1) is 11.4 Å². The zero-order valence-electron chi connectivity index (χ0n) is 15.0. The number of aliphatic imine (C=N–C) groups is 1. The maximum atomic E-state index is 12.0. The Labute approximate surface area is 146 Å². The third-order valence-corrected chi connectivity index (χ3v) is 3.57. The summed E-state index contributed by atoms with van der Waals surface area (Å²) >= 11 is 0. The number of ketones is 1. The van der Waals surface area contributed by atoms with E-state index in [4.69, 9.17) is 4.99 Å². The minimum absolute atomic E-state index is 0. The molecule has 128 valence electrons. The summed E-state index contributed by atoms with van der Waals surface area (Å²) < 4.78 is 0. The Hall–Kier alpha value is -0.946. The van der Waals surface area contributed by atoms with E-state index >= 15 is 0 Å². The van der Waals surface area contributed by atoms with E-state index in [0.717, 1.165) is 5.69 Å². The van der Waals surface area contributed by atoms with Crippen LogP contribution in [0.4, 0.5) is 5.69 Å². The Morgan fingerprint density at radius 2 is 1.45 bits per heavy atom. The van der Waals surface area contributed by atoms with Crippen molar-refractivity contribution in [3.05, 3.63) is 36.8 Å². The Kier molecular flexibility index (Phi) is 11.4. The second-order valence-electron chi connectivity index (χ2n) is 5.78. The molecule has 0 spiro atoms. The van der Waals surface area contributed by atoms with E-state index in [0.29, 0.717) is 30.4 Å². The number of carbonyl (C=O) groups is 1. The first kappa shape index (κ1) is 23.3. The SMILES string of the molecule is CCC(=O)C(CC)=Nc1c(C(C)C)cccc1C(C)C.[CH3-].[Ni]. The molecule has 0 heterocycles. The summed E-state index contributed by atoms with van der Waals surface area (Å²) in [5.74, 6) is 0.963. The molecule has 1 rings (SSSR count). The molecule has 0 unspecified atom stereocenters. The molecule has 0 bridgehead atoms. The van der Waals surface area contributed by atoms with Gasteiger partial charge in [0.1, 0.15) is 0 Å². The molecule has 1 aromatic carbocycles. The minimum Gasteiger partial charge on any atom is -0.358 e. The van der Waals surface area contributed by atoms with E-state index in [-0.39, 0.29) is 29.7 Å². The average molecular weight is 347 g/mol. The van der Waals surface area contributed by atoms with Gasteiger partial charge in [0.15, 0.2) is 5.78 Å². The summed E-state index contributed by atoms with van der Waals surface area (Å²) in [6.07, 6.45) is 1.21. The fraction of sp³-hybridized carbons (Fsp3) is 0.526. The van der Waals surface area contributed by atoms with Crippen LogP contribution in [0.25, 0.3) is 0 Å². The van der Waals surface area contributed by atoms with Crippen molar-refractivity contribution in [2.24, 2.45) is 4.99 Å². The van der Waals surface area contributed by atoms with Crippen molar-refractivity contribution < 1.29 is 21.3 Å². The van der Waals surface area contributed by atoms with Crippen LogP contribution in [0.2, 0.25) is 0 Å². The fourth-order valence-electron chi connectivity index (χ4n) is 2.32. The molecule has 0 aliphatic heterocycles. The number of Topliss-reactive ketones (excluding diaryl/α,β-unsaturated/α-hetero) is 1. The van der Waals surface area contributed by atoms with Gasteiger partial charge in [0.2, 0.25) is 0 Å². The number of carbonyl (C=O) groups excluding carboxylic acids is 1. The molecule has 1 aromatic rings. The molecule has 3 heteroatoms. The van der Waals surface area contributed by atoms with Gasteiger partial charge in [-0.2, -0.15) is 0 Å². The normalized spacial score (nSPS) is 11.2. The van der Waals surface area contributed by atoms with E-state index < -0.39 is 0 Å². The van der Waals surface area contributed by atoms with Gasteiger partial charge in [0, 0.05) is 22.9 Å². The summed E-state index contributed by atoms with van der Waals surface area (Å²) in [6.45, 7) is 12.6. The Morgan fingerprint density at radius 1 is 1.00 bits per heavy atom. The molecule has 0 atom stereocenters. The summed E-state index contributed by atoms with van der Waals surface area (Å²) in [4.78, 5) is 16.7. The summed E-state index contributed by atoms with van der Waals surface area (Å²) in [6, 6.07) is 6.34. The molecule has 0 aromatic heterocycles. The second kappa shape index (κ2) is 10.7. The monoisotopic (exact) mass is 346 g/mol. The molecule has 22 heavy (non-hydrogen) atoms. The first-order valence-electron chi connectivity index (χ1n) is 7.65. The molecule has 0 aliphatic carbocycles. The van der Waals surface area contributed by atoms with Crippen LogP contribution in [-0.2, 0) is 21.3 Å². The van der Waals surface area contributed by atoms with Crippen LogP contribution in [-0.4, -0.2) is 11.5 Å². The zero-order chi connectivity index (χ0) is 15.3. The van der Waals surface area contributed by atoms with E-state index in [2.05, 4.69) is 45.9 Å². The number of para-hydroxylation sites is 1. The second-order valence-corrected chi connectivity index (χ2v) is 5.78. The van der Waals surface area contributed by atoms with Crippen molar-refractivity contribution in [1.82, 2.24) is 0 Å². The third kappa shape index (κ3) is 5.68. The first-order valence-corrected chi connectivity index (χ1v) is 7.65. The molecule has 0 aliphatic rings. The fourth-order valence-corrected chi connectivity index (χ4v) is 2.32. The number of hydrogen-bond donors (Lipinski definition) is 0.